The molecular formula is C15H19BrO2. The minimum atomic E-state index is -0.109. The highest BCUT2D eigenvalue weighted by Crippen LogP contribution is 2.39. The number of rotatable bonds is 4. The Bertz CT molecular complexity index is 448. The Hall–Kier alpha value is -0.830. The lowest BCUT2D eigenvalue weighted by molar-refractivity contribution is -0.126. The summed E-state index contributed by atoms with van der Waals surface area (Å²) in [6, 6.07) is 5.79. The number of ether oxygens (including phenoxy) is 1. The van der Waals surface area contributed by atoms with Gasteiger partial charge in [0, 0.05) is 16.3 Å². The van der Waals surface area contributed by atoms with Gasteiger partial charge in [0.1, 0.15) is 11.5 Å². The third kappa shape index (κ3) is 2.77. The minimum absolute atomic E-state index is 0.109. The molecule has 2 rings (SSSR count). The largest absolute Gasteiger partial charge is 0.497 e. The van der Waals surface area contributed by atoms with Crippen molar-refractivity contribution in [3.05, 3.63) is 28.2 Å². The quantitative estimate of drug-likeness (QED) is 0.835. The topological polar surface area (TPSA) is 26.3 Å². The molecule has 0 unspecified atom stereocenters. The second kappa shape index (κ2) is 5.43. The molecule has 0 saturated heterocycles. The van der Waals surface area contributed by atoms with Crippen molar-refractivity contribution >= 4 is 21.7 Å². The maximum atomic E-state index is 12.4. The van der Waals surface area contributed by atoms with Crippen molar-refractivity contribution in [1.82, 2.24) is 0 Å². The molecule has 3 heteroatoms. The monoisotopic (exact) mass is 310 g/mol. The van der Waals surface area contributed by atoms with Gasteiger partial charge >= 0.3 is 0 Å². The number of hydrogen-bond acceptors (Lipinski definition) is 2. The number of benzene rings is 1. The second-order valence-electron chi connectivity index (χ2n) is 5.33. The highest BCUT2D eigenvalue weighted by atomic mass is 79.9. The fourth-order valence-corrected chi connectivity index (χ4v) is 3.02. The summed E-state index contributed by atoms with van der Waals surface area (Å²) < 4.78 is 6.19. The SMILES string of the molecule is COc1ccc(Br)c(CC(=O)C2(C)CCCC2)c1. The van der Waals surface area contributed by atoms with Gasteiger partial charge in [-0.05, 0) is 36.6 Å². The van der Waals surface area contributed by atoms with Crippen LogP contribution in [0.2, 0.25) is 0 Å². The van der Waals surface area contributed by atoms with E-state index in [2.05, 4.69) is 22.9 Å². The lowest BCUT2D eigenvalue weighted by Crippen LogP contribution is -2.26. The molecule has 2 nitrogen and oxygen atoms in total. The van der Waals surface area contributed by atoms with Gasteiger partial charge in [0.05, 0.1) is 7.11 Å². The Kier molecular flexibility index (Phi) is 4.10. The van der Waals surface area contributed by atoms with Gasteiger partial charge in [0.15, 0.2) is 0 Å². The summed E-state index contributed by atoms with van der Waals surface area (Å²) in [5, 5.41) is 0. The zero-order valence-corrected chi connectivity index (χ0v) is 12.5. The number of methoxy groups -OCH3 is 1. The van der Waals surface area contributed by atoms with Gasteiger partial charge in [0.25, 0.3) is 0 Å². The second-order valence-corrected chi connectivity index (χ2v) is 6.18. The third-order valence-corrected chi connectivity index (χ3v) is 4.76. The molecule has 0 spiro atoms. The molecule has 1 fully saturated rings. The van der Waals surface area contributed by atoms with Gasteiger partial charge in [-0.15, -0.1) is 0 Å². The summed E-state index contributed by atoms with van der Waals surface area (Å²) in [7, 11) is 1.65. The summed E-state index contributed by atoms with van der Waals surface area (Å²) in [6.07, 6.45) is 4.93. The lowest BCUT2D eigenvalue weighted by atomic mass is 9.81. The van der Waals surface area contributed by atoms with E-state index in [9.17, 15) is 4.79 Å². The predicted molar refractivity (Wildman–Crippen MR) is 76.0 cm³/mol. The summed E-state index contributed by atoms with van der Waals surface area (Å²) in [5.41, 5.74) is 0.912. The Morgan fingerprint density at radius 1 is 1.39 bits per heavy atom. The zero-order valence-electron chi connectivity index (χ0n) is 11.0. The van der Waals surface area contributed by atoms with Crippen LogP contribution in [0, 0.1) is 5.41 Å². The Morgan fingerprint density at radius 3 is 2.67 bits per heavy atom. The first-order chi connectivity index (χ1) is 8.55. The van der Waals surface area contributed by atoms with E-state index in [0.29, 0.717) is 12.2 Å². The van der Waals surface area contributed by atoms with Crippen LogP contribution in [0.5, 0.6) is 5.75 Å². The Labute approximate surface area is 117 Å². The van der Waals surface area contributed by atoms with Crippen LogP contribution in [0.4, 0.5) is 0 Å². The summed E-state index contributed by atoms with van der Waals surface area (Å²) >= 11 is 3.51. The number of ketones is 1. The van der Waals surface area contributed by atoms with Crippen molar-refractivity contribution in [2.45, 2.75) is 39.0 Å². The predicted octanol–water partition coefficient (Wildman–Crippen LogP) is 4.15. The van der Waals surface area contributed by atoms with Gasteiger partial charge in [-0.3, -0.25) is 4.79 Å². The first-order valence-electron chi connectivity index (χ1n) is 6.41. The van der Waals surface area contributed by atoms with E-state index in [-0.39, 0.29) is 5.41 Å². The van der Waals surface area contributed by atoms with Gasteiger partial charge in [-0.2, -0.15) is 0 Å². The summed E-state index contributed by atoms with van der Waals surface area (Å²) in [6.45, 7) is 2.11. The number of halogens is 1. The zero-order chi connectivity index (χ0) is 13.2. The van der Waals surface area contributed by atoms with Crippen molar-refractivity contribution < 1.29 is 9.53 Å². The molecule has 0 amide bonds. The fourth-order valence-electron chi connectivity index (χ4n) is 2.63. The van der Waals surface area contributed by atoms with E-state index in [4.69, 9.17) is 4.74 Å². The van der Waals surface area contributed by atoms with Crippen LogP contribution >= 0.6 is 15.9 Å². The number of carbonyl (C=O) groups excluding carboxylic acids is 1. The highest BCUT2D eigenvalue weighted by molar-refractivity contribution is 9.10. The molecule has 1 aliphatic rings. The molecule has 18 heavy (non-hydrogen) atoms. The van der Waals surface area contributed by atoms with E-state index in [1.54, 1.807) is 7.11 Å². The van der Waals surface area contributed by atoms with Gasteiger partial charge < -0.3 is 4.74 Å². The van der Waals surface area contributed by atoms with Crippen molar-refractivity contribution in [3.8, 4) is 5.75 Å². The van der Waals surface area contributed by atoms with E-state index in [1.165, 1.54) is 12.8 Å². The van der Waals surface area contributed by atoms with Crippen LogP contribution in [-0.2, 0) is 11.2 Å². The number of hydrogen-bond donors (Lipinski definition) is 0. The van der Waals surface area contributed by atoms with Gasteiger partial charge in [-0.25, -0.2) is 0 Å². The smallest absolute Gasteiger partial charge is 0.143 e. The highest BCUT2D eigenvalue weighted by Gasteiger charge is 2.35. The molecule has 0 N–H and O–H groups in total. The lowest BCUT2D eigenvalue weighted by Gasteiger charge is -2.22. The van der Waals surface area contributed by atoms with Crippen molar-refractivity contribution in [2.75, 3.05) is 7.11 Å². The standard InChI is InChI=1S/C15H19BrO2/c1-15(7-3-4-8-15)14(17)10-11-9-12(18-2)5-6-13(11)16/h5-6,9H,3-4,7-8,10H2,1-2H3. The molecule has 0 heterocycles. The molecule has 0 aliphatic heterocycles. The first kappa shape index (κ1) is 13.6. The average Bonchev–Trinajstić information content (AvgIpc) is 2.80. The molecule has 0 atom stereocenters. The molecule has 98 valence electrons. The molecule has 0 radical (unpaired) electrons. The normalized spacial score (nSPS) is 17.7. The number of carbonyl (C=O) groups is 1. The maximum absolute atomic E-state index is 12.4. The van der Waals surface area contributed by atoms with E-state index < -0.39 is 0 Å². The van der Waals surface area contributed by atoms with E-state index in [0.717, 1.165) is 28.6 Å². The van der Waals surface area contributed by atoms with E-state index >= 15 is 0 Å². The van der Waals surface area contributed by atoms with E-state index in [1.807, 2.05) is 18.2 Å². The van der Waals surface area contributed by atoms with Crippen LogP contribution in [0.3, 0.4) is 0 Å². The fraction of sp³-hybridized carbons (Fsp3) is 0.533. The summed E-state index contributed by atoms with van der Waals surface area (Å²) in [5.74, 6) is 1.16. The average molecular weight is 311 g/mol. The van der Waals surface area contributed by atoms with Crippen LogP contribution < -0.4 is 4.74 Å². The molecule has 1 aliphatic carbocycles. The molecular weight excluding hydrogens is 292 g/mol. The third-order valence-electron chi connectivity index (χ3n) is 3.98. The van der Waals surface area contributed by atoms with Gasteiger partial charge in [0.2, 0.25) is 0 Å². The van der Waals surface area contributed by atoms with Crippen molar-refractivity contribution in [3.63, 3.8) is 0 Å². The Morgan fingerprint density at radius 2 is 2.06 bits per heavy atom. The molecule has 1 aromatic rings. The van der Waals surface area contributed by atoms with Gasteiger partial charge in [-0.1, -0.05) is 35.7 Å². The summed E-state index contributed by atoms with van der Waals surface area (Å²) in [4.78, 5) is 12.4. The van der Waals surface area contributed by atoms with Crippen molar-refractivity contribution in [2.24, 2.45) is 5.41 Å². The molecule has 1 saturated carbocycles. The van der Waals surface area contributed by atoms with Crippen molar-refractivity contribution in [1.29, 1.82) is 0 Å². The Balaban J connectivity index is 2.16. The number of Topliss-reactive ketones (excluding diaryl/α,β-unsaturated/α-hetero) is 1. The molecule has 0 bridgehead atoms. The molecule has 0 aromatic heterocycles. The minimum Gasteiger partial charge on any atom is -0.497 e. The van der Waals surface area contributed by atoms with Crippen LogP contribution in [-0.4, -0.2) is 12.9 Å². The van der Waals surface area contributed by atoms with Crippen LogP contribution in [0.1, 0.15) is 38.2 Å². The van der Waals surface area contributed by atoms with Crippen LogP contribution in [0.15, 0.2) is 22.7 Å². The van der Waals surface area contributed by atoms with Crippen LogP contribution in [0.25, 0.3) is 0 Å². The first-order valence-corrected chi connectivity index (χ1v) is 7.20. The maximum Gasteiger partial charge on any atom is 0.143 e. The molecule has 1 aromatic carbocycles.